The summed E-state index contributed by atoms with van der Waals surface area (Å²) in [4.78, 5) is 0. The van der Waals surface area contributed by atoms with Gasteiger partial charge in [0.15, 0.2) is 0 Å². The van der Waals surface area contributed by atoms with Crippen LogP contribution in [0.25, 0.3) is 105 Å². The van der Waals surface area contributed by atoms with Gasteiger partial charge in [-0.15, -0.1) is 0 Å². The molecular weight excluding hydrogens is 691 g/mol. The highest BCUT2D eigenvalue weighted by Crippen LogP contribution is 2.42. The molecular formula is C54H35N3. The minimum absolute atomic E-state index is 1.14. The zero-order chi connectivity index (χ0) is 37.5. The van der Waals surface area contributed by atoms with Crippen LogP contribution in [0.4, 0.5) is 0 Å². The minimum atomic E-state index is 1.14. The fraction of sp³-hybridized carbons (Fsp3) is 0. The Morgan fingerprint density at radius 3 is 1.33 bits per heavy atom. The third kappa shape index (κ3) is 4.79. The molecule has 0 aliphatic carbocycles. The molecule has 3 heteroatoms. The van der Waals surface area contributed by atoms with Gasteiger partial charge in [0.1, 0.15) is 0 Å². The summed E-state index contributed by atoms with van der Waals surface area (Å²) in [5, 5.41) is 7.46. The number of hydrogen-bond acceptors (Lipinski definition) is 0. The van der Waals surface area contributed by atoms with Gasteiger partial charge in [-0.05, 0) is 95.1 Å². The van der Waals surface area contributed by atoms with Crippen molar-refractivity contribution in [1.82, 2.24) is 13.7 Å². The number of aromatic nitrogens is 3. The second-order valence-electron chi connectivity index (χ2n) is 14.9. The first-order valence-electron chi connectivity index (χ1n) is 19.6. The number of rotatable bonds is 5. The average Bonchev–Trinajstić information content (AvgIpc) is 3.92. The van der Waals surface area contributed by atoms with Crippen LogP contribution in [0, 0.1) is 0 Å². The molecule has 0 aliphatic rings. The fourth-order valence-corrected chi connectivity index (χ4v) is 9.32. The largest absolute Gasteiger partial charge is 0.309 e. The first kappa shape index (κ1) is 31.7. The molecule has 0 bridgehead atoms. The van der Waals surface area contributed by atoms with Crippen LogP contribution in [0.3, 0.4) is 0 Å². The second kappa shape index (κ2) is 12.5. The van der Waals surface area contributed by atoms with Gasteiger partial charge in [-0.2, -0.15) is 0 Å². The van der Waals surface area contributed by atoms with Gasteiger partial charge in [-0.25, -0.2) is 0 Å². The number of para-hydroxylation sites is 5. The Bertz CT molecular complexity index is 3510. The van der Waals surface area contributed by atoms with Crippen molar-refractivity contribution in [3.8, 4) is 39.3 Å². The highest BCUT2D eigenvalue weighted by atomic mass is 15.1. The van der Waals surface area contributed by atoms with Crippen molar-refractivity contribution >= 4 is 65.4 Å². The summed E-state index contributed by atoms with van der Waals surface area (Å²) in [6.45, 7) is 0. The van der Waals surface area contributed by atoms with Crippen molar-refractivity contribution in [2.24, 2.45) is 0 Å². The highest BCUT2D eigenvalue weighted by molar-refractivity contribution is 6.16. The lowest BCUT2D eigenvalue weighted by Gasteiger charge is -2.15. The van der Waals surface area contributed by atoms with E-state index >= 15 is 0 Å². The molecule has 12 aromatic rings. The van der Waals surface area contributed by atoms with Crippen LogP contribution in [-0.2, 0) is 0 Å². The Balaban J connectivity index is 1.08. The summed E-state index contributed by atoms with van der Waals surface area (Å²) in [6, 6.07) is 77.4. The normalized spacial score (nSPS) is 11.9. The maximum atomic E-state index is 2.48. The number of nitrogens with zero attached hydrogens (tertiary/aromatic N) is 3. The lowest BCUT2D eigenvalue weighted by atomic mass is 10.0. The van der Waals surface area contributed by atoms with Gasteiger partial charge in [-0.1, -0.05) is 140 Å². The Morgan fingerprint density at radius 2 is 0.667 bits per heavy atom. The molecule has 0 fully saturated rings. The van der Waals surface area contributed by atoms with Gasteiger partial charge in [0, 0.05) is 43.7 Å². The maximum Gasteiger partial charge on any atom is 0.0782 e. The molecule has 3 heterocycles. The van der Waals surface area contributed by atoms with Crippen LogP contribution in [0.1, 0.15) is 0 Å². The monoisotopic (exact) mass is 725 g/mol. The van der Waals surface area contributed by atoms with Gasteiger partial charge >= 0.3 is 0 Å². The van der Waals surface area contributed by atoms with Crippen molar-refractivity contribution in [3.63, 3.8) is 0 Å². The molecule has 0 saturated carbocycles. The van der Waals surface area contributed by atoms with E-state index in [4.69, 9.17) is 0 Å². The molecule has 0 N–H and O–H groups in total. The molecule has 0 spiro atoms. The Labute approximate surface area is 329 Å². The molecule has 9 aromatic carbocycles. The topological polar surface area (TPSA) is 14.8 Å². The van der Waals surface area contributed by atoms with E-state index in [0.29, 0.717) is 0 Å². The predicted octanol–water partition coefficient (Wildman–Crippen LogP) is 14.3. The summed E-state index contributed by atoms with van der Waals surface area (Å²) < 4.78 is 7.31. The second-order valence-corrected chi connectivity index (χ2v) is 14.9. The first-order valence-corrected chi connectivity index (χ1v) is 19.6. The van der Waals surface area contributed by atoms with Crippen LogP contribution in [0.15, 0.2) is 212 Å². The van der Waals surface area contributed by atoms with Gasteiger partial charge < -0.3 is 13.7 Å². The van der Waals surface area contributed by atoms with Gasteiger partial charge in [0.25, 0.3) is 0 Å². The van der Waals surface area contributed by atoms with Crippen molar-refractivity contribution in [2.75, 3.05) is 0 Å². The zero-order valence-electron chi connectivity index (χ0n) is 31.0. The predicted molar refractivity (Wildman–Crippen MR) is 240 cm³/mol. The van der Waals surface area contributed by atoms with E-state index in [2.05, 4.69) is 226 Å². The maximum absolute atomic E-state index is 2.48. The molecule has 0 atom stereocenters. The van der Waals surface area contributed by atoms with Crippen molar-refractivity contribution in [3.05, 3.63) is 212 Å². The molecule has 0 saturated heterocycles. The zero-order valence-corrected chi connectivity index (χ0v) is 31.0. The van der Waals surface area contributed by atoms with Gasteiger partial charge in [0.2, 0.25) is 0 Å². The number of benzene rings is 9. The van der Waals surface area contributed by atoms with Crippen LogP contribution in [0.5, 0.6) is 0 Å². The van der Waals surface area contributed by atoms with Crippen LogP contribution < -0.4 is 0 Å². The Hall–Kier alpha value is -7.62. The minimum Gasteiger partial charge on any atom is -0.309 e. The third-order valence-electron chi connectivity index (χ3n) is 11.8. The van der Waals surface area contributed by atoms with E-state index in [9.17, 15) is 0 Å². The van der Waals surface area contributed by atoms with Gasteiger partial charge in [-0.3, -0.25) is 0 Å². The summed E-state index contributed by atoms with van der Waals surface area (Å²) in [5.41, 5.74) is 15.5. The molecule has 3 nitrogen and oxygen atoms in total. The molecule has 266 valence electrons. The van der Waals surface area contributed by atoms with Crippen molar-refractivity contribution in [2.45, 2.75) is 0 Å². The average molecular weight is 726 g/mol. The van der Waals surface area contributed by atoms with E-state index in [-0.39, 0.29) is 0 Å². The first-order chi connectivity index (χ1) is 28.3. The molecule has 0 amide bonds. The van der Waals surface area contributed by atoms with Gasteiger partial charge in [0.05, 0.1) is 38.8 Å². The van der Waals surface area contributed by atoms with Crippen LogP contribution in [0.2, 0.25) is 0 Å². The fourth-order valence-electron chi connectivity index (χ4n) is 9.32. The quantitative estimate of drug-likeness (QED) is 0.168. The molecule has 0 aliphatic heterocycles. The summed E-state index contributed by atoms with van der Waals surface area (Å²) >= 11 is 0. The third-order valence-corrected chi connectivity index (χ3v) is 11.8. The molecule has 12 rings (SSSR count). The Morgan fingerprint density at radius 1 is 0.228 bits per heavy atom. The lowest BCUT2D eigenvalue weighted by Crippen LogP contribution is -2.00. The summed E-state index contributed by atoms with van der Waals surface area (Å²) in [6.07, 6.45) is 0. The molecule has 57 heavy (non-hydrogen) atoms. The smallest absolute Gasteiger partial charge is 0.0782 e. The van der Waals surface area contributed by atoms with E-state index in [0.717, 1.165) is 11.4 Å². The Kier molecular flexibility index (Phi) is 6.93. The summed E-state index contributed by atoms with van der Waals surface area (Å²) in [5.74, 6) is 0. The number of hydrogen-bond donors (Lipinski definition) is 0. The number of fused-ring (bicyclic) bond motifs is 9. The van der Waals surface area contributed by atoms with E-state index in [1.165, 1.54) is 93.4 Å². The highest BCUT2D eigenvalue weighted by Gasteiger charge is 2.21. The van der Waals surface area contributed by atoms with E-state index < -0.39 is 0 Å². The SMILES string of the molecule is c1ccc(-c2cccc(-n3c4ccccc4c4cccc(-n5c6ccccc6c6cc(-c7ccc8c(c7)c7ccccc7n8-c7ccccc7)ccc65)c43)c2)cc1. The van der Waals surface area contributed by atoms with Crippen molar-refractivity contribution < 1.29 is 0 Å². The molecule has 3 aromatic heterocycles. The van der Waals surface area contributed by atoms with Crippen LogP contribution >= 0.6 is 0 Å². The van der Waals surface area contributed by atoms with E-state index in [1.54, 1.807) is 0 Å². The molecule has 0 radical (unpaired) electrons. The molecule has 0 unspecified atom stereocenters. The standard InChI is InChI=1S/C54H35N3/c1-3-15-36(16-4-1)37-17-13-20-41(33-37)56-49-26-11-7-21-42(49)45-24-14-28-53(54(45)56)57-50-27-12-9-23-44(50)47-35-39(30-32-52(47)57)38-29-31-51-46(34-38)43-22-8-10-25-48(43)55(51)40-18-5-2-6-19-40/h1-35H. The lowest BCUT2D eigenvalue weighted by molar-refractivity contribution is 1.13. The summed E-state index contributed by atoms with van der Waals surface area (Å²) in [7, 11) is 0. The van der Waals surface area contributed by atoms with Crippen LogP contribution in [-0.4, -0.2) is 13.7 Å². The van der Waals surface area contributed by atoms with Crippen molar-refractivity contribution in [1.29, 1.82) is 0 Å². The van der Waals surface area contributed by atoms with E-state index in [1.807, 2.05) is 0 Å².